The van der Waals surface area contributed by atoms with E-state index in [2.05, 4.69) is 39.5 Å². The minimum atomic E-state index is -0.500. The highest BCUT2D eigenvalue weighted by atomic mass is 16.7. The molecule has 3 aliphatic heterocycles. The summed E-state index contributed by atoms with van der Waals surface area (Å²) in [5.41, 5.74) is 0.174. The molecule has 88 valence electrons. The van der Waals surface area contributed by atoms with Crippen molar-refractivity contribution in [2.45, 2.75) is 40.5 Å². The van der Waals surface area contributed by atoms with E-state index >= 15 is 0 Å². The summed E-state index contributed by atoms with van der Waals surface area (Å²) < 4.78 is 12.1. The third-order valence-corrected chi connectivity index (χ3v) is 3.55. The molecule has 0 saturated carbocycles. The smallest absolute Gasteiger partial charge is 0.235 e. The number of hydrogen-bond donors (Lipinski definition) is 0. The Hall–Kier alpha value is -0.120. The van der Waals surface area contributed by atoms with Gasteiger partial charge in [-0.3, -0.25) is 4.90 Å². The van der Waals surface area contributed by atoms with Crippen LogP contribution in [0.5, 0.6) is 0 Å². The van der Waals surface area contributed by atoms with Crippen molar-refractivity contribution in [1.82, 2.24) is 4.90 Å². The van der Waals surface area contributed by atoms with Crippen LogP contribution in [0, 0.1) is 10.8 Å². The maximum Gasteiger partial charge on any atom is 0.235 e. The molecule has 3 nitrogen and oxygen atoms in total. The van der Waals surface area contributed by atoms with Crippen molar-refractivity contribution < 1.29 is 9.47 Å². The molecule has 0 N–H and O–H groups in total. The van der Waals surface area contributed by atoms with Crippen LogP contribution >= 0.6 is 0 Å². The molecule has 0 unspecified atom stereocenters. The third kappa shape index (κ3) is 1.52. The normalized spacial score (nSPS) is 42.2. The van der Waals surface area contributed by atoms with Crippen molar-refractivity contribution in [3.8, 4) is 0 Å². The van der Waals surface area contributed by atoms with Gasteiger partial charge in [0, 0.05) is 23.9 Å². The summed E-state index contributed by atoms with van der Waals surface area (Å²) in [5.74, 6) is -0.500. The lowest BCUT2D eigenvalue weighted by Gasteiger charge is -2.61. The van der Waals surface area contributed by atoms with E-state index in [1.54, 1.807) is 0 Å². The Bertz CT molecular complexity index is 249. The van der Waals surface area contributed by atoms with Crippen LogP contribution in [0.25, 0.3) is 0 Å². The Labute approximate surface area is 92.7 Å². The zero-order valence-electron chi connectivity index (χ0n) is 10.6. The minimum absolute atomic E-state index is 0.00917. The first-order valence-corrected chi connectivity index (χ1v) is 5.86. The van der Waals surface area contributed by atoms with Crippen LogP contribution in [0.3, 0.4) is 0 Å². The van der Waals surface area contributed by atoms with Crippen LogP contribution in [0.2, 0.25) is 0 Å². The lowest BCUT2D eigenvalue weighted by Crippen LogP contribution is -2.72. The van der Waals surface area contributed by atoms with Gasteiger partial charge in [-0.1, -0.05) is 34.6 Å². The Morgan fingerprint density at radius 1 is 1.20 bits per heavy atom. The SMILES string of the molecule is CCN1CC2(C)COC1(C(C)(C)C)OC2. The second kappa shape index (κ2) is 3.19. The lowest BCUT2D eigenvalue weighted by atomic mass is 9.81. The van der Waals surface area contributed by atoms with Gasteiger partial charge in [0.1, 0.15) is 0 Å². The van der Waals surface area contributed by atoms with Gasteiger partial charge in [-0.05, 0) is 0 Å². The van der Waals surface area contributed by atoms with Crippen LogP contribution < -0.4 is 0 Å². The highest BCUT2D eigenvalue weighted by Crippen LogP contribution is 2.48. The number of nitrogens with zero attached hydrogens (tertiary/aromatic N) is 1. The molecule has 3 aliphatic rings. The van der Waals surface area contributed by atoms with Crippen LogP contribution in [0.4, 0.5) is 0 Å². The highest BCUT2D eigenvalue weighted by molar-refractivity contribution is 4.97. The second-order valence-corrected chi connectivity index (χ2v) is 6.23. The molecule has 0 radical (unpaired) electrons. The molecule has 0 aliphatic carbocycles. The van der Waals surface area contributed by atoms with Crippen molar-refractivity contribution in [2.24, 2.45) is 10.8 Å². The Morgan fingerprint density at radius 3 is 2.13 bits per heavy atom. The molecular weight excluding hydrogens is 190 g/mol. The van der Waals surface area contributed by atoms with Gasteiger partial charge in [0.2, 0.25) is 5.91 Å². The van der Waals surface area contributed by atoms with Gasteiger partial charge in [-0.25, -0.2) is 0 Å². The van der Waals surface area contributed by atoms with Gasteiger partial charge in [0.05, 0.1) is 13.2 Å². The topological polar surface area (TPSA) is 21.7 Å². The third-order valence-electron chi connectivity index (χ3n) is 3.55. The van der Waals surface area contributed by atoms with Gasteiger partial charge in [-0.15, -0.1) is 0 Å². The van der Waals surface area contributed by atoms with Crippen LogP contribution in [-0.4, -0.2) is 37.1 Å². The van der Waals surface area contributed by atoms with E-state index < -0.39 is 5.91 Å². The Kier molecular flexibility index (Phi) is 2.42. The fourth-order valence-electron chi connectivity index (χ4n) is 2.69. The Balaban J connectivity index is 2.32. The van der Waals surface area contributed by atoms with Crippen LogP contribution in [-0.2, 0) is 9.47 Å². The number of fused-ring (bicyclic) bond motifs is 3. The molecule has 15 heavy (non-hydrogen) atoms. The van der Waals surface area contributed by atoms with Gasteiger partial charge in [0.15, 0.2) is 0 Å². The minimum Gasteiger partial charge on any atom is -0.336 e. The molecule has 0 aromatic rings. The molecule has 3 rings (SSSR count). The molecular formula is C12H23NO2. The monoisotopic (exact) mass is 213 g/mol. The summed E-state index contributed by atoms with van der Waals surface area (Å²) >= 11 is 0. The van der Waals surface area contributed by atoms with Crippen molar-refractivity contribution in [3.05, 3.63) is 0 Å². The summed E-state index contributed by atoms with van der Waals surface area (Å²) in [6, 6.07) is 0. The fourth-order valence-corrected chi connectivity index (χ4v) is 2.69. The fraction of sp³-hybridized carbons (Fsp3) is 1.00. The first-order chi connectivity index (χ1) is 6.83. The van der Waals surface area contributed by atoms with Crippen molar-refractivity contribution in [1.29, 1.82) is 0 Å². The van der Waals surface area contributed by atoms with Gasteiger partial charge < -0.3 is 9.47 Å². The van der Waals surface area contributed by atoms with Gasteiger partial charge >= 0.3 is 0 Å². The molecule has 3 heterocycles. The largest absolute Gasteiger partial charge is 0.336 e. The first kappa shape index (κ1) is 11.4. The first-order valence-electron chi connectivity index (χ1n) is 5.86. The molecule has 3 fully saturated rings. The van der Waals surface area contributed by atoms with Crippen LogP contribution in [0.15, 0.2) is 0 Å². The van der Waals surface area contributed by atoms with E-state index in [1.165, 1.54) is 0 Å². The van der Waals surface area contributed by atoms with E-state index in [0.29, 0.717) is 0 Å². The average Bonchev–Trinajstić information content (AvgIpc) is 2.16. The Morgan fingerprint density at radius 2 is 1.73 bits per heavy atom. The van der Waals surface area contributed by atoms with E-state index in [9.17, 15) is 0 Å². The van der Waals surface area contributed by atoms with Crippen LogP contribution in [0.1, 0.15) is 34.6 Å². The molecule has 0 spiro atoms. The van der Waals surface area contributed by atoms with Crippen molar-refractivity contribution in [2.75, 3.05) is 26.3 Å². The number of hydrogen-bond acceptors (Lipinski definition) is 3. The summed E-state index contributed by atoms with van der Waals surface area (Å²) in [4.78, 5) is 2.33. The maximum absolute atomic E-state index is 6.04. The predicted octanol–water partition coefficient (Wildman–Crippen LogP) is 2.07. The molecule has 0 atom stereocenters. The maximum atomic E-state index is 6.04. The number of ether oxygens (including phenoxy) is 2. The summed E-state index contributed by atoms with van der Waals surface area (Å²) in [5, 5.41) is 0. The average molecular weight is 213 g/mol. The molecule has 2 bridgehead atoms. The van der Waals surface area contributed by atoms with E-state index in [4.69, 9.17) is 9.47 Å². The zero-order valence-corrected chi connectivity index (χ0v) is 10.6. The van der Waals surface area contributed by atoms with E-state index in [1.807, 2.05) is 0 Å². The number of rotatable bonds is 1. The molecule has 3 saturated heterocycles. The van der Waals surface area contributed by atoms with Crippen molar-refractivity contribution >= 4 is 0 Å². The molecule has 0 aromatic carbocycles. The predicted molar refractivity (Wildman–Crippen MR) is 59.4 cm³/mol. The quantitative estimate of drug-likeness (QED) is 0.665. The van der Waals surface area contributed by atoms with E-state index in [0.717, 1.165) is 26.3 Å². The lowest BCUT2D eigenvalue weighted by molar-refractivity contribution is -0.440. The van der Waals surface area contributed by atoms with E-state index in [-0.39, 0.29) is 10.8 Å². The summed E-state index contributed by atoms with van der Waals surface area (Å²) in [7, 11) is 0. The molecule has 0 amide bonds. The summed E-state index contributed by atoms with van der Waals surface area (Å²) in [6.07, 6.45) is 0. The molecule has 3 heteroatoms. The highest BCUT2D eigenvalue weighted by Gasteiger charge is 2.59. The summed E-state index contributed by atoms with van der Waals surface area (Å²) in [6.45, 7) is 14.7. The van der Waals surface area contributed by atoms with Crippen molar-refractivity contribution in [3.63, 3.8) is 0 Å². The second-order valence-electron chi connectivity index (χ2n) is 6.23. The standard InChI is InChI=1S/C12H23NO2/c1-6-13-7-11(5)8-14-12(13,15-9-11)10(2,3)4/h6-9H2,1-5H3. The zero-order chi connectivity index (χ0) is 11.3. The van der Waals surface area contributed by atoms with Gasteiger partial charge in [0.25, 0.3) is 0 Å². The van der Waals surface area contributed by atoms with Gasteiger partial charge in [-0.2, -0.15) is 0 Å². The molecule has 0 aromatic heterocycles.